The molecule has 2 aromatic rings. The summed E-state index contributed by atoms with van der Waals surface area (Å²) in [6.07, 6.45) is 3.55. The highest BCUT2D eigenvalue weighted by molar-refractivity contribution is 6.34. The molecule has 0 aliphatic carbocycles. The van der Waals surface area contributed by atoms with Gasteiger partial charge >= 0.3 is 0 Å². The van der Waals surface area contributed by atoms with Gasteiger partial charge in [0.2, 0.25) is 0 Å². The van der Waals surface area contributed by atoms with Crippen LogP contribution in [0.5, 0.6) is 0 Å². The maximum absolute atomic E-state index is 13.8. The van der Waals surface area contributed by atoms with Crippen LogP contribution in [0.1, 0.15) is 52.6 Å². The first-order valence-electron chi connectivity index (χ1n) is 11.1. The standard InChI is InChI=1S/C24H27FN4O3/c1-13-20(12-17-16-11-15(25)3-4-18(16)28-22(17)30)27-19-5-10-29(23(31)21(13)19)14(2)24(32)6-8-26-9-7-24/h3-4,11-12,14,26-27,32H,5-10H2,1-2H3,(H,28,30). The number of fused-ring (bicyclic) bond motifs is 2. The molecule has 0 bridgehead atoms. The average Bonchev–Trinajstić information content (AvgIpc) is 3.25. The molecule has 1 atom stereocenters. The zero-order valence-electron chi connectivity index (χ0n) is 18.2. The number of carbonyl (C=O) groups excluding carboxylic acids is 2. The zero-order chi connectivity index (χ0) is 22.6. The van der Waals surface area contributed by atoms with Gasteiger partial charge in [-0.2, -0.15) is 0 Å². The molecule has 7 nitrogen and oxygen atoms in total. The van der Waals surface area contributed by atoms with E-state index >= 15 is 0 Å². The number of rotatable bonds is 3. The molecule has 168 valence electrons. The fourth-order valence-corrected chi connectivity index (χ4v) is 5.16. The monoisotopic (exact) mass is 438 g/mol. The number of aliphatic hydroxyl groups is 1. The molecule has 4 N–H and O–H groups in total. The van der Waals surface area contributed by atoms with Crippen molar-refractivity contribution < 1.29 is 19.1 Å². The van der Waals surface area contributed by atoms with Crippen LogP contribution in [0.3, 0.4) is 0 Å². The third kappa shape index (κ3) is 3.25. The second kappa shape index (κ2) is 7.56. The fourth-order valence-electron chi connectivity index (χ4n) is 5.16. The molecule has 4 heterocycles. The molecular formula is C24H27FN4O3. The second-order valence-electron chi connectivity index (χ2n) is 9.00. The molecule has 0 radical (unpaired) electrons. The van der Waals surface area contributed by atoms with E-state index in [1.807, 2.05) is 13.8 Å². The van der Waals surface area contributed by atoms with Gasteiger partial charge in [0.05, 0.1) is 22.8 Å². The highest BCUT2D eigenvalue weighted by Gasteiger charge is 2.42. The second-order valence-corrected chi connectivity index (χ2v) is 9.00. The molecule has 2 amide bonds. The first-order valence-corrected chi connectivity index (χ1v) is 11.1. The maximum Gasteiger partial charge on any atom is 0.256 e. The van der Waals surface area contributed by atoms with Crippen molar-refractivity contribution >= 4 is 29.2 Å². The number of piperidine rings is 1. The van der Waals surface area contributed by atoms with Crippen molar-refractivity contribution in [2.45, 2.75) is 44.8 Å². The van der Waals surface area contributed by atoms with Crippen molar-refractivity contribution in [3.63, 3.8) is 0 Å². The fraction of sp³-hybridized carbons (Fsp3) is 0.417. The summed E-state index contributed by atoms with van der Waals surface area (Å²) >= 11 is 0. The van der Waals surface area contributed by atoms with E-state index in [1.54, 1.807) is 17.0 Å². The van der Waals surface area contributed by atoms with Gasteiger partial charge in [-0.3, -0.25) is 9.59 Å². The minimum atomic E-state index is -0.900. The van der Waals surface area contributed by atoms with E-state index in [0.717, 1.165) is 24.3 Å². The lowest BCUT2D eigenvalue weighted by molar-refractivity contribution is -0.110. The molecule has 0 spiro atoms. The first kappa shape index (κ1) is 20.9. The topological polar surface area (TPSA) is 97.5 Å². The maximum atomic E-state index is 13.8. The lowest BCUT2D eigenvalue weighted by atomic mass is 9.84. The van der Waals surface area contributed by atoms with Gasteiger partial charge in [-0.25, -0.2) is 4.39 Å². The Labute approximate surface area is 185 Å². The Balaban J connectivity index is 1.48. The van der Waals surface area contributed by atoms with Crippen LogP contribution in [0.4, 0.5) is 10.1 Å². The quantitative estimate of drug-likeness (QED) is 0.554. The molecule has 1 fully saturated rings. The molecule has 1 saturated heterocycles. The van der Waals surface area contributed by atoms with Crippen LogP contribution >= 0.6 is 0 Å². The molecular weight excluding hydrogens is 411 g/mol. The summed E-state index contributed by atoms with van der Waals surface area (Å²) in [5.74, 6) is -0.817. The summed E-state index contributed by atoms with van der Waals surface area (Å²) in [4.78, 5) is 31.0. The number of anilines is 1. The lowest BCUT2D eigenvalue weighted by Crippen LogP contribution is -2.58. The Kier molecular flexibility index (Phi) is 4.94. The molecule has 3 aliphatic rings. The minimum Gasteiger partial charge on any atom is -0.388 e. The first-order chi connectivity index (χ1) is 15.3. The van der Waals surface area contributed by atoms with Gasteiger partial charge in [-0.05, 0) is 69.6 Å². The van der Waals surface area contributed by atoms with Crippen LogP contribution in [0, 0.1) is 12.7 Å². The van der Waals surface area contributed by atoms with Crippen LogP contribution in [0.15, 0.2) is 18.2 Å². The van der Waals surface area contributed by atoms with Crippen LogP contribution in [0.2, 0.25) is 0 Å². The predicted molar refractivity (Wildman–Crippen MR) is 120 cm³/mol. The van der Waals surface area contributed by atoms with Crippen LogP contribution in [0.25, 0.3) is 11.6 Å². The lowest BCUT2D eigenvalue weighted by Gasteiger charge is -2.44. The molecule has 32 heavy (non-hydrogen) atoms. The van der Waals surface area contributed by atoms with Crippen molar-refractivity contribution in [1.82, 2.24) is 15.2 Å². The third-order valence-electron chi connectivity index (χ3n) is 7.21. The van der Waals surface area contributed by atoms with E-state index in [-0.39, 0.29) is 17.9 Å². The third-order valence-corrected chi connectivity index (χ3v) is 7.21. The van der Waals surface area contributed by atoms with Crippen molar-refractivity contribution in [3.8, 4) is 0 Å². The summed E-state index contributed by atoms with van der Waals surface area (Å²) in [5, 5.41) is 17.1. The van der Waals surface area contributed by atoms with E-state index in [4.69, 9.17) is 0 Å². The summed E-state index contributed by atoms with van der Waals surface area (Å²) in [5.41, 5.74) is 3.40. The minimum absolute atomic E-state index is 0.105. The number of carbonyl (C=O) groups is 2. The molecule has 1 aromatic heterocycles. The van der Waals surface area contributed by atoms with E-state index in [1.165, 1.54) is 12.1 Å². The summed E-state index contributed by atoms with van der Waals surface area (Å²) in [7, 11) is 0. The molecule has 1 unspecified atom stereocenters. The van der Waals surface area contributed by atoms with Gasteiger partial charge in [-0.15, -0.1) is 0 Å². The highest BCUT2D eigenvalue weighted by Crippen LogP contribution is 2.36. The van der Waals surface area contributed by atoms with Gasteiger partial charge < -0.3 is 25.6 Å². The van der Waals surface area contributed by atoms with E-state index in [9.17, 15) is 19.1 Å². The largest absolute Gasteiger partial charge is 0.388 e. The Morgan fingerprint density at radius 3 is 2.75 bits per heavy atom. The van der Waals surface area contributed by atoms with Gasteiger partial charge in [-0.1, -0.05) is 0 Å². The number of H-pyrrole nitrogens is 1. The molecule has 8 heteroatoms. The van der Waals surface area contributed by atoms with Gasteiger partial charge in [0.15, 0.2) is 0 Å². The van der Waals surface area contributed by atoms with E-state index in [2.05, 4.69) is 15.6 Å². The average molecular weight is 439 g/mol. The van der Waals surface area contributed by atoms with Crippen molar-refractivity contribution in [1.29, 1.82) is 0 Å². The smallest absolute Gasteiger partial charge is 0.256 e. The van der Waals surface area contributed by atoms with Gasteiger partial charge in [0, 0.05) is 35.6 Å². The summed E-state index contributed by atoms with van der Waals surface area (Å²) in [6, 6.07) is 3.90. The van der Waals surface area contributed by atoms with Crippen LogP contribution in [-0.4, -0.2) is 58.1 Å². The molecule has 0 saturated carbocycles. The highest BCUT2D eigenvalue weighted by atomic mass is 19.1. The van der Waals surface area contributed by atoms with Gasteiger partial charge in [0.1, 0.15) is 5.82 Å². The number of hydrogen-bond donors (Lipinski definition) is 4. The number of aromatic amines is 1. The normalized spacial score (nSPS) is 22.0. The van der Waals surface area contributed by atoms with Crippen molar-refractivity contribution in [3.05, 3.63) is 52.1 Å². The molecule has 3 aliphatic heterocycles. The summed E-state index contributed by atoms with van der Waals surface area (Å²) < 4.78 is 13.8. The Morgan fingerprint density at radius 2 is 2.00 bits per heavy atom. The number of aromatic nitrogens is 1. The van der Waals surface area contributed by atoms with Crippen molar-refractivity contribution in [2.24, 2.45) is 0 Å². The Hall–Kier alpha value is -2.97. The predicted octanol–water partition coefficient (Wildman–Crippen LogP) is 2.46. The van der Waals surface area contributed by atoms with E-state index in [0.29, 0.717) is 53.9 Å². The summed E-state index contributed by atoms with van der Waals surface area (Å²) in [6.45, 7) is 5.77. The SMILES string of the molecule is Cc1c(C=C2C(=O)Nc3ccc(F)cc32)[nH]c2c1C(=O)N(C(C)C1(O)CCNCC1)CC2. The van der Waals surface area contributed by atoms with Gasteiger partial charge in [0.25, 0.3) is 11.8 Å². The molecule has 5 rings (SSSR count). The number of nitrogens with zero attached hydrogens (tertiary/aromatic N) is 1. The zero-order valence-corrected chi connectivity index (χ0v) is 18.2. The number of halogens is 1. The molecule has 1 aromatic carbocycles. The number of hydrogen-bond acceptors (Lipinski definition) is 4. The van der Waals surface area contributed by atoms with Crippen molar-refractivity contribution in [2.75, 3.05) is 25.0 Å². The van der Waals surface area contributed by atoms with E-state index < -0.39 is 11.4 Å². The number of nitrogens with one attached hydrogen (secondary N) is 3. The van der Waals surface area contributed by atoms with Crippen LogP contribution < -0.4 is 10.6 Å². The number of amides is 2. The van der Waals surface area contributed by atoms with Crippen LogP contribution in [-0.2, 0) is 11.2 Å². The number of benzene rings is 1. The Morgan fingerprint density at radius 1 is 1.25 bits per heavy atom. The Bertz CT molecular complexity index is 1150.